The highest BCUT2D eigenvalue weighted by atomic mass is 16.2. The van der Waals surface area contributed by atoms with Gasteiger partial charge in [-0.1, -0.05) is 13.8 Å². The molecule has 6 heteroatoms. The van der Waals surface area contributed by atoms with Crippen LogP contribution in [0, 0.1) is 12.8 Å². The van der Waals surface area contributed by atoms with Gasteiger partial charge in [0.25, 0.3) is 0 Å². The van der Waals surface area contributed by atoms with Crippen molar-refractivity contribution in [2.75, 3.05) is 0 Å². The molecule has 106 valence electrons. The zero-order valence-corrected chi connectivity index (χ0v) is 11.9. The lowest BCUT2D eigenvalue weighted by Crippen LogP contribution is -2.48. The first-order valence-corrected chi connectivity index (χ1v) is 6.92. The maximum atomic E-state index is 12.0. The second-order valence-corrected chi connectivity index (χ2v) is 5.74. The van der Waals surface area contributed by atoms with Crippen LogP contribution < -0.4 is 11.1 Å². The van der Waals surface area contributed by atoms with Gasteiger partial charge in [0.05, 0.1) is 12.6 Å². The smallest absolute Gasteiger partial charge is 0.237 e. The maximum absolute atomic E-state index is 12.0. The van der Waals surface area contributed by atoms with Gasteiger partial charge < -0.3 is 11.1 Å². The van der Waals surface area contributed by atoms with Gasteiger partial charge in [0.15, 0.2) is 0 Å². The van der Waals surface area contributed by atoms with E-state index in [0.29, 0.717) is 18.9 Å². The van der Waals surface area contributed by atoms with Gasteiger partial charge in [0, 0.05) is 12.5 Å². The highest BCUT2D eigenvalue weighted by Gasteiger charge is 2.24. The second-order valence-electron chi connectivity index (χ2n) is 5.74. The molecule has 0 saturated heterocycles. The van der Waals surface area contributed by atoms with E-state index in [2.05, 4.69) is 29.2 Å². The predicted octanol–water partition coefficient (Wildman–Crippen LogP) is 0.391. The average Bonchev–Trinajstić information content (AvgIpc) is 2.67. The number of nitrogens with two attached hydrogens (primary N) is 1. The minimum atomic E-state index is -0.418. The number of nitrogens with zero attached hydrogens (tertiary/aromatic N) is 3. The molecule has 3 N–H and O–H groups in total. The van der Waals surface area contributed by atoms with Crippen LogP contribution in [0.4, 0.5) is 0 Å². The van der Waals surface area contributed by atoms with Gasteiger partial charge in [0.2, 0.25) is 5.91 Å². The Balaban J connectivity index is 1.89. The lowest BCUT2D eigenvalue weighted by atomic mass is 10.0. The topological polar surface area (TPSA) is 85.8 Å². The van der Waals surface area contributed by atoms with E-state index in [1.807, 2.05) is 11.6 Å². The second kappa shape index (κ2) is 5.69. The molecule has 2 heterocycles. The van der Waals surface area contributed by atoms with E-state index in [-0.39, 0.29) is 11.9 Å². The highest BCUT2D eigenvalue weighted by Crippen LogP contribution is 2.13. The molecule has 1 aromatic rings. The van der Waals surface area contributed by atoms with Crippen molar-refractivity contribution in [1.29, 1.82) is 0 Å². The fourth-order valence-electron chi connectivity index (χ4n) is 2.47. The molecule has 0 bridgehead atoms. The highest BCUT2D eigenvalue weighted by molar-refractivity contribution is 5.81. The Labute approximate surface area is 113 Å². The van der Waals surface area contributed by atoms with Crippen LogP contribution in [0.25, 0.3) is 0 Å². The summed E-state index contributed by atoms with van der Waals surface area (Å²) in [6, 6.07) is -0.307. The summed E-state index contributed by atoms with van der Waals surface area (Å²) >= 11 is 0. The Morgan fingerprint density at radius 2 is 2.32 bits per heavy atom. The van der Waals surface area contributed by atoms with E-state index in [9.17, 15) is 4.79 Å². The molecule has 2 atom stereocenters. The van der Waals surface area contributed by atoms with Crippen LogP contribution in [-0.2, 0) is 17.8 Å². The molecule has 0 spiro atoms. The maximum Gasteiger partial charge on any atom is 0.237 e. The molecule has 1 amide bonds. The van der Waals surface area contributed by atoms with Crippen LogP contribution in [-0.4, -0.2) is 32.8 Å². The third kappa shape index (κ3) is 3.53. The number of carbonyl (C=O) groups is 1. The fraction of sp³-hybridized carbons (Fsp3) is 0.769. The molecular weight excluding hydrogens is 242 g/mol. The average molecular weight is 265 g/mol. The SMILES string of the molecule is Cc1nc2n(n1)CC(NC(=O)[C@@H](N)CC(C)C)CC2. The van der Waals surface area contributed by atoms with Gasteiger partial charge >= 0.3 is 0 Å². The van der Waals surface area contributed by atoms with E-state index in [4.69, 9.17) is 5.73 Å². The first-order chi connectivity index (χ1) is 8.95. The summed E-state index contributed by atoms with van der Waals surface area (Å²) in [7, 11) is 0. The van der Waals surface area contributed by atoms with Crippen LogP contribution in [0.15, 0.2) is 0 Å². The van der Waals surface area contributed by atoms with Crippen LogP contribution in [0.2, 0.25) is 0 Å². The zero-order chi connectivity index (χ0) is 14.0. The van der Waals surface area contributed by atoms with Gasteiger partial charge in [-0.15, -0.1) is 0 Å². The Kier molecular flexibility index (Phi) is 4.19. The van der Waals surface area contributed by atoms with Crippen molar-refractivity contribution in [3.63, 3.8) is 0 Å². The van der Waals surface area contributed by atoms with Gasteiger partial charge in [-0.25, -0.2) is 9.67 Å². The van der Waals surface area contributed by atoms with E-state index in [0.717, 1.165) is 24.5 Å². The molecule has 6 nitrogen and oxygen atoms in total. The largest absolute Gasteiger partial charge is 0.350 e. The van der Waals surface area contributed by atoms with E-state index in [1.54, 1.807) is 0 Å². The molecule has 0 aliphatic carbocycles. The number of hydrogen-bond acceptors (Lipinski definition) is 4. The van der Waals surface area contributed by atoms with Gasteiger partial charge in [-0.2, -0.15) is 5.10 Å². The molecule has 0 radical (unpaired) electrons. The van der Waals surface area contributed by atoms with Crippen molar-refractivity contribution < 1.29 is 4.79 Å². The third-order valence-electron chi connectivity index (χ3n) is 3.37. The summed E-state index contributed by atoms with van der Waals surface area (Å²) in [6.07, 6.45) is 2.47. The molecule has 0 fully saturated rings. The molecule has 1 unspecified atom stereocenters. The van der Waals surface area contributed by atoms with Crippen LogP contribution in [0.3, 0.4) is 0 Å². The molecular formula is C13H23N5O. The minimum absolute atomic E-state index is 0.0565. The van der Waals surface area contributed by atoms with Crippen LogP contribution in [0.5, 0.6) is 0 Å². The Morgan fingerprint density at radius 1 is 1.58 bits per heavy atom. The molecule has 1 aliphatic heterocycles. The Morgan fingerprint density at radius 3 is 3.00 bits per heavy atom. The number of nitrogens with one attached hydrogen (secondary N) is 1. The van der Waals surface area contributed by atoms with Gasteiger partial charge in [0.1, 0.15) is 11.6 Å². The minimum Gasteiger partial charge on any atom is -0.350 e. The number of aryl methyl sites for hydroxylation is 2. The third-order valence-corrected chi connectivity index (χ3v) is 3.37. The molecule has 0 saturated carbocycles. The summed E-state index contributed by atoms with van der Waals surface area (Å²) in [5.41, 5.74) is 5.89. The van der Waals surface area contributed by atoms with Gasteiger partial charge in [-0.3, -0.25) is 4.79 Å². The first-order valence-electron chi connectivity index (χ1n) is 6.92. The molecule has 1 aliphatic rings. The lowest BCUT2D eigenvalue weighted by Gasteiger charge is -2.25. The fourth-order valence-corrected chi connectivity index (χ4v) is 2.47. The molecule has 19 heavy (non-hydrogen) atoms. The van der Waals surface area contributed by atoms with Crippen molar-refractivity contribution in [1.82, 2.24) is 20.1 Å². The van der Waals surface area contributed by atoms with E-state index >= 15 is 0 Å². The lowest BCUT2D eigenvalue weighted by molar-refractivity contribution is -0.123. The quantitative estimate of drug-likeness (QED) is 0.824. The van der Waals surface area contributed by atoms with Crippen molar-refractivity contribution in [2.24, 2.45) is 11.7 Å². The van der Waals surface area contributed by atoms with Crippen molar-refractivity contribution in [3.05, 3.63) is 11.6 Å². The summed E-state index contributed by atoms with van der Waals surface area (Å²) in [4.78, 5) is 16.3. The van der Waals surface area contributed by atoms with Crippen LogP contribution in [0.1, 0.15) is 38.3 Å². The number of rotatable bonds is 4. The molecule has 2 rings (SSSR count). The number of hydrogen-bond donors (Lipinski definition) is 2. The summed E-state index contributed by atoms with van der Waals surface area (Å²) in [6.45, 7) is 6.71. The predicted molar refractivity (Wildman–Crippen MR) is 72.4 cm³/mol. The van der Waals surface area contributed by atoms with Crippen LogP contribution >= 0.6 is 0 Å². The molecule has 0 aromatic carbocycles. The number of amides is 1. The standard InChI is InChI=1S/C13H23N5O/c1-8(2)6-11(14)13(19)16-10-4-5-12-15-9(3)17-18(12)7-10/h8,10-11H,4-7,14H2,1-3H3,(H,16,19)/t10?,11-/m0/s1. The normalized spacial score (nSPS) is 20.2. The Hall–Kier alpha value is -1.43. The van der Waals surface area contributed by atoms with E-state index in [1.165, 1.54) is 0 Å². The van der Waals surface area contributed by atoms with Crippen molar-refractivity contribution >= 4 is 5.91 Å². The van der Waals surface area contributed by atoms with Crippen molar-refractivity contribution in [2.45, 2.75) is 58.7 Å². The summed E-state index contributed by atoms with van der Waals surface area (Å²) in [5.74, 6) is 2.17. The van der Waals surface area contributed by atoms with Gasteiger partial charge in [-0.05, 0) is 25.7 Å². The summed E-state index contributed by atoms with van der Waals surface area (Å²) in [5, 5.41) is 7.35. The molecule has 1 aromatic heterocycles. The number of carbonyl (C=O) groups excluding carboxylic acids is 1. The summed E-state index contributed by atoms with van der Waals surface area (Å²) < 4.78 is 1.89. The Bertz CT molecular complexity index is 454. The number of aromatic nitrogens is 3. The monoisotopic (exact) mass is 265 g/mol. The zero-order valence-electron chi connectivity index (χ0n) is 11.9. The van der Waals surface area contributed by atoms with E-state index < -0.39 is 6.04 Å². The number of fused-ring (bicyclic) bond motifs is 1. The van der Waals surface area contributed by atoms with Crippen molar-refractivity contribution in [3.8, 4) is 0 Å². The first kappa shape index (κ1) is 14.0.